The molecule has 0 aliphatic heterocycles. The van der Waals surface area contributed by atoms with Gasteiger partial charge in [0.25, 0.3) is 0 Å². The third-order valence-electron chi connectivity index (χ3n) is 4.59. The molecule has 0 spiro atoms. The molecule has 0 radical (unpaired) electrons. The van der Waals surface area contributed by atoms with E-state index in [1.54, 1.807) is 0 Å². The zero-order valence-electron chi connectivity index (χ0n) is 16.2. The standard InChI is InChI=1S/2C9H7.C7H8Si.2ClH.Zr/c2*1-2-5-9-7-3-6-8(9)4-1;1-8-7-5-3-2-4-6-7;;;/h2*1-7H;2-6H,1H3;2*1H;/q2*-1;;;;+2/p-2. The quantitative estimate of drug-likeness (QED) is 0.161. The summed E-state index contributed by atoms with van der Waals surface area (Å²) in [6.07, 6.45) is 0. The Morgan fingerprint density at radius 1 is 0.621 bits per heavy atom. The first-order valence-corrected chi connectivity index (χ1v) is 21.4. The predicted molar refractivity (Wildman–Crippen MR) is 128 cm³/mol. The van der Waals surface area contributed by atoms with Gasteiger partial charge in [-0.1, -0.05) is 12.1 Å². The van der Waals surface area contributed by atoms with Crippen molar-refractivity contribution < 1.29 is 18.0 Å². The van der Waals surface area contributed by atoms with E-state index in [0.717, 1.165) is 0 Å². The van der Waals surface area contributed by atoms with Crippen LogP contribution >= 0.6 is 17.0 Å². The molecule has 0 amide bonds. The molecule has 0 saturated heterocycles. The van der Waals surface area contributed by atoms with Crippen LogP contribution in [-0.4, -0.2) is 5.43 Å². The smallest absolute Gasteiger partial charge is 0.0809 e. The van der Waals surface area contributed by atoms with Crippen LogP contribution in [0.5, 0.6) is 0 Å². The van der Waals surface area contributed by atoms with Gasteiger partial charge in [0, 0.05) is 0 Å². The molecule has 0 aliphatic rings. The van der Waals surface area contributed by atoms with Gasteiger partial charge in [0.2, 0.25) is 0 Å². The molecule has 0 bridgehead atoms. The molecule has 5 rings (SSSR count). The third-order valence-corrected chi connectivity index (χ3v) is 22.7. The van der Waals surface area contributed by atoms with Crippen LogP contribution in [0.4, 0.5) is 0 Å². The summed E-state index contributed by atoms with van der Waals surface area (Å²) in [4.78, 5) is 0. The molecule has 5 aromatic rings. The summed E-state index contributed by atoms with van der Waals surface area (Å²) in [6, 6.07) is 39.7. The molecule has 0 fully saturated rings. The maximum atomic E-state index is 5.97. The number of benzene rings is 3. The molecule has 29 heavy (non-hydrogen) atoms. The van der Waals surface area contributed by atoms with Crippen LogP contribution in [0.1, 0.15) is 0 Å². The van der Waals surface area contributed by atoms with Gasteiger partial charge in [0.1, 0.15) is 0 Å². The molecule has 0 aromatic heterocycles. The van der Waals surface area contributed by atoms with E-state index in [-0.39, 0.29) is 0 Å². The van der Waals surface area contributed by atoms with Crippen LogP contribution in [0, 0.1) is 0 Å². The summed E-state index contributed by atoms with van der Waals surface area (Å²) in [5.74, 6) is 0. The van der Waals surface area contributed by atoms with E-state index in [1.165, 1.54) is 26.7 Å². The number of hydrogen-bond donors (Lipinski definition) is 0. The van der Waals surface area contributed by atoms with Crippen molar-refractivity contribution in [3.8, 4) is 0 Å². The largest absolute Gasteiger partial charge is 0.168 e. The van der Waals surface area contributed by atoms with Crippen molar-refractivity contribution in [1.82, 2.24) is 0 Å². The molecular weight excluding hydrogens is 490 g/mol. The van der Waals surface area contributed by atoms with Gasteiger partial charge in [0.05, 0.1) is 0 Å². The fraction of sp³-hybridized carbons (Fsp3) is 0.0400. The van der Waals surface area contributed by atoms with Gasteiger partial charge in [-0.2, -0.15) is 35.0 Å². The minimum Gasteiger partial charge on any atom is -0.168 e. The van der Waals surface area contributed by atoms with Crippen molar-refractivity contribution in [2.75, 3.05) is 0 Å². The Morgan fingerprint density at radius 3 is 1.52 bits per heavy atom. The van der Waals surface area contributed by atoms with Gasteiger partial charge < -0.3 is 0 Å². The summed E-state index contributed by atoms with van der Waals surface area (Å²) in [5, 5.41) is 6.70. The normalized spacial score (nSPS) is 9.90. The van der Waals surface area contributed by atoms with Gasteiger partial charge in [-0.3, -0.25) is 0 Å². The van der Waals surface area contributed by atoms with Crippen LogP contribution in [0.25, 0.3) is 21.5 Å². The van der Waals surface area contributed by atoms with Gasteiger partial charge in [0.15, 0.2) is 0 Å². The zero-order valence-corrected chi connectivity index (χ0v) is 21.2. The van der Waals surface area contributed by atoms with Crippen LogP contribution in [0.2, 0.25) is 6.55 Å². The Kier molecular flexibility index (Phi) is 8.95. The summed E-state index contributed by atoms with van der Waals surface area (Å²) in [6.45, 7) is 2.20. The first-order chi connectivity index (χ1) is 14.1. The Labute approximate surface area is 187 Å². The van der Waals surface area contributed by atoms with Crippen molar-refractivity contribution in [2.45, 2.75) is 6.55 Å². The fourth-order valence-electron chi connectivity index (χ4n) is 2.94. The van der Waals surface area contributed by atoms with E-state index in [2.05, 4.69) is 104 Å². The first-order valence-electron chi connectivity index (χ1n) is 9.43. The molecule has 0 saturated carbocycles. The Bertz CT molecular complexity index is 1060. The number of rotatable bonds is 1. The molecule has 4 heteroatoms. The van der Waals surface area contributed by atoms with E-state index in [1.807, 2.05) is 18.2 Å². The van der Waals surface area contributed by atoms with Gasteiger partial charge >= 0.3 is 82.5 Å². The Hall–Kier alpha value is -1.44. The van der Waals surface area contributed by atoms with Gasteiger partial charge in [-0.05, 0) is 0 Å². The summed E-state index contributed by atoms with van der Waals surface area (Å²) in [7, 11) is 11.9. The van der Waals surface area contributed by atoms with E-state index in [9.17, 15) is 0 Å². The summed E-state index contributed by atoms with van der Waals surface area (Å²) in [5.41, 5.74) is -0.557. The summed E-state index contributed by atoms with van der Waals surface area (Å²) >= 11 is -1.95. The van der Waals surface area contributed by atoms with Crippen LogP contribution < -0.4 is 5.19 Å². The SMILES string of the molecule is C[Si](c1ccccc1)=[Zr]([Cl])[Cl].c1ccc2[cH-]ccc2c1.c1ccc2[cH-]ccc2c1. The van der Waals surface area contributed by atoms with Crippen molar-refractivity contribution in [3.63, 3.8) is 0 Å². The maximum absolute atomic E-state index is 5.97. The van der Waals surface area contributed by atoms with E-state index in [0.29, 0.717) is 0 Å². The van der Waals surface area contributed by atoms with E-state index in [4.69, 9.17) is 17.0 Å². The van der Waals surface area contributed by atoms with E-state index >= 15 is 0 Å². The van der Waals surface area contributed by atoms with Crippen molar-refractivity contribution >= 4 is 49.2 Å². The summed E-state index contributed by atoms with van der Waals surface area (Å²) < 4.78 is 0. The average molecular weight is 513 g/mol. The minimum absolute atomic E-state index is 0.557. The van der Waals surface area contributed by atoms with Gasteiger partial charge in [-0.15, -0.1) is 59.3 Å². The second-order valence-corrected chi connectivity index (χ2v) is 27.5. The molecule has 146 valence electrons. The Balaban J connectivity index is 0.000000125. The van der Waals surface area contributed by atoms with Crippen molar-refractivity contribution in [2.24, 2.45) is 0 Å². The maximum Gasteiger partial charge on any atom is -0.0809 e. The minimum atomic E-state index is -1.95. The molecule has 0 aliphatic carbocycles. The predicted octanol–water partition coefficient (Wildman–Crippen LogP) is 7.56. The molecule has 0 unspecified atom stereocenters. The van der Waals surface area contributed by atoms with Crippen LogP contribution in [0.15, 0.2) is 115 Å². The zero-order chi connectivity index (χ0) is 20.5. The van der Waals surface area contributed by atoms with Crippen molar-refractivity contribution in [1.29, 1.82) is 0 Å². The fourth-order valence-corrected chi connectivity index (χ4v) is 10.6. The molecule has 0 nitrogen and oxygen atoms in total. The Morgan fingerprint density at radius 2 is 1.07 bits per heavy atom. The second kappa shape index (κ2) is 11.7. The number of halogens is 2. The second-order valence-electron chi connectivity index (χ2n) is 6.56. The topological polar surface area (TPSA) is 0 Å². The van der Waals surface area contributed by atoms with Crippen LogP contribution in [-0.2, 0) is 18.0 Å². The molecule has 0 heterocycles. The third kappa shape index (κ3) is 6.79. The van der Waals surface area contributed by atoms with E-state index < -0.39 is 23.4 Å². The van der Waals surface area contributed by atoms with Gasteiger partial charge in [-0.25, -0.2) is 0 Å². The monoisotopic (exact) mass is 510 g/mol. The van der Waals surface area contributed by atoms with Crippen molar-refractivity contribution in [3.05, 3.63) is 115 Å². The molecule has 0 atom stereocenters. The average Bonchev–Trinajstić information content (AvgIpc) is 3.44. The van der Waals surface area contributed by atoms with Crippen LogP contribution in [0.3, 0.4) is 0 Å². The number of hydrogen-bond acceptors (Lipinski definition) is 0. The molecular formula is C25H22Cl2SiZr-2. The number of fused-ring (bicyclic) bond motifs is 2. The molecule has 0 N–H and O–H groups in total. The first kappa shape index (κ1) is 22.2. The molecule has 5 aromatic carbocycles.